The van der Waals surface area contributed by atoms with E-state index in [0.29, 0.717) is 5.56 Å². The molecule has 0 aromatic heterocycles. The lowest BCUT2D eigenvalue weighted by atomic mass is 10.1. The van der Waals surface area contributed by atoms with Crippen molar-refractivity contribution >= 4 is 21.6 Å². The number of Topliss-reactive ketones (excluding diaryl/α,β-unsaturated/α-hetero) is 1. The fraction of sp³-hybridized carbons (Fsp3) is 0.385. The maximum Gasteiger partial charge on any atom is 0.322 e. The monoisotopic (exact) mass is 299 g/mol. The maximum absolute atomic E-state index is 11.8. The fourth-order valence-electron chi connectivity index (χ4n) is 1.67. The minimum Gasteiger partial charge on any atom is -0.468 e. The molecule has 0 heterocycles. The van der Waals surface area contributed by atoms with Gasteiger partial charge in [0.1, 0.15) is 17.6 Å². The van der Waals surface area contributed by atoms with E-state index in [0.717, 1.165) is 0 Å². The van der Waals surface area contributed by atoms with Crippen LogP contribution in [0.3, 0.4) is 0 Å². The Kier molecular flexibility index (Phi) is 5.41. The van der Waals surface area contributed by atoms with E-state index in [1.807, 2.05) is 0 Å². The number of nitrogens with two attached hydrogens (primary N) is 1. The second-order valence-corrected chi connectivity index (χ2v) is 6.43. The number of hydrogen-bond donors (Lipinski definition) is 1. The molecule has 0 saturated carbocycles. The Hall–Kier alpha value is -1.73. The van der Waals surface area contributed by atoms with Crippen LogP contribution < -0.4 is 5.73 Å². The van der Waals surface area contributed by atoms with E-state index in [-0.39, 0.29) is 11.3 Å². The van der Waals surface area contributed by atoms with Gasteiger partial charge in [-0.05, 0) is 31.0 Å². The third-order valence-electron chi connectivity index (χ3n) is 2.64. The Morgan fingerprint density at radius 3 is 2.25 bits per heavy atom. The molecule has 0 aliphatic rings. The predicted octanol–water partition coefficient (Wildman–Crippen LogP) is 0.0921. The van der Waals surface area contributed by atoms with Gasteiger partial charge in [0.2, 0.25) is 0 Å². The van der Waals surface area contributed by atoms with Crippen molar-refractivity contribution in [2.75, 3.05) is 12.9 Å². The molecule has 2 N–H and O–H groups in total. The SMILES string of the molecule is COC(=O)[C@@H](N)Cc1ccc(S(=O)(=O)CC(C)=O)cc1. The molecule has 0 amide bonds. The molecule has 1 aromatic carbocycles. The molecular weight excluding hydrogens is 282 g/mol. The third-order valence-corrected chi connectivity index (χ3v) is 4.41. The van der Waals surface area contributed by atoms with Crippen molar-refractivity contribution in [1.82, 2.24) is 0 Å². The van der Waals surface area contributed by atoms with E-state index in [1.165, 1.54) is 26.2 Å². The lowest BCUT2D eigenvalue weighted by Crippen LogP contribution is -2.33. The molecule has 0 bridgehead atoms. The van der Waals surface area contributed by atoms with E-state index in [9.17, 15) is 18.0 Å². The van der Waals surface area contributed by atoms with Crippen LogP contribution in [0, 0.1) is 0 Å². The highest BCUT2D eigenvalue weighted by Gasteiger charge is 2.18. The molecule has 1 aromatic rings. The fourth-order valence-corrected chi connectivity index (χ4v) is 2.93. The molecule has 20 heavy (non-hydrogen) atoms. The molecule has 0 aliphatic carbocycles. The van der Waals surface area contributed by atoms with Crippen molar-refractivity contribution in [3.8, 4) is 0 Å². The van der Waals surface area contributed by atoms with E-state index in [2.05, 4.69) is 4.74 Å². The summed E-state index contributed by atoms with van der Waals surface area (Å²) in [6.45, 7) is 1.22. The minimum absolute atomic E-state index is 0.0723. The van der Waals surface area contributed by atoms with Crippen LogP contribution in [0.4, 0.5) is 0 Å². The molecule has 7 heteroatoms. The Morgan fingerprint density at radius 1 is 1.25 bits per heavy atom. The second-order valence-electron chi connectivity index (χ2n) is 4.44. The maximum atomic E-state index is 11.8. The highest BCUT2D eigenvalue weighted by atomic mass is 32.2. The molecule has 0 aliphatic heterocycles. The first-order chi connectivity index (χ1) is 9.26. The van der Waals surface area contributed by atoms with Crippen LogP contribution in [-0.4, -0.2) is 39.1 Å². The summed E-state index contributed by atoms with van der Waals surface area (Å²) in [7, 11) is -2.35. The molecule has 0 saturated heterocycles. The van der Waals surface area contributed by atoms with E-state index in [4.69, 9.17) is 5.73 Å². The molecule has 0 fully saturated rings. The van der Waals surface area contributed by atoms with Crippen LogP contribution in [0.1, 0.15) is 12.5 Å². The summed E-state index contributed by atoms with van der Waals surface area (Å²) in [6, 6.07) is 5.14. The first-order valence-electron chi connectivity index (χ1n) is 5.91. The number of esters is 1. The summed E-state index contributed by atoms with van der Waals surface area (Å²) in [4.78, 5) is 22.2. The molecular formula is C13H17NO5S. The number of ether oxygens (including phenoxy) is 1. The summed E-state index contributed by atoms with van der Waals surface area (Å²) in [6.07, 6.45) is 0.250. The Labute approximate surface area is 117 Å². The molecule has 1 atom stereocenters. The Morgan fingerprint density at radius 2 is 1.80 bits per heavy atom. The van der Waals surface area contributed by atoms with Gasteiger partial charge in [0.15, 0.2) is 9.84 Å². The lowest BCUT2D eigenvalue weighted by Gasteiger charge is -2.09. The van der Waals surface area contributed by atoms with E-state index in [1.54, 1.807) is 12.1 Å². The van der Waals surface area contributed by atoms with E-state index < -0.39 is 33.4 Å². The summed E-state index contributed by atoms with van der Waals surface area (Å²) in [5.41, 5.74) is 6.32. The number of hydrogen-bond acceptors (Lipinski definition) is 6. The van der Waals surface area contributed by atoms with Gasteiger partial charge in [-0.1, -0.05) is 12.1 Å². The normalized spacial score (nSPS) is 12.8. The summed E-state index contributed by atoms with van der Waals surface area (Å²) < 4.78 is 28.1. The van der Waals surface area contributed by atoms with Crippen molar-refractivity contribution in [2.45, 2.75) is 24.3 Å². The van der Waals surface area contributed by atoms with Gasteiger partial charge in [0.25, 0.3) is 0 Å². The van der Waals surface area contributed by atoms with Crippen LogP contribution in [0.25, 0.3) is 0 Å². The molecule has 0 spiro atoms. The minimum atomic E-state index is -3.60. The van der Waals surface area contributed by atoms with Gasteiger partial charge in [-0.2, -0.15) is 0 Å². The number of carbonyl (C=O) groups excluding carboxylic acids is 2. The zero-order valence-electron chi connectivity index (χ0n) is 11.3. The van der Waals surface area contributed by atoms with Gasteiger partial charge >= 0.3 is 5.97 Å². The first kappa shape index (κ1) is 16.3. The highest BCUT2D eigenvalue weighted by molar-refractivity contribution is 7.92. The number of sulfone groups is 1. The summed E-state index contributed by atoms with van der Waals surface area (Å²) in [5.74, 6) is -1.46. The van der Waals surface area contributed by atoms with Crippen molar-refractivity contribution in [3.63, 3.8) is 0 Å². The average Bonchev–Trinajstić information content (AvgIpc) is 2.36. The van der Waals surface area contributed by atoms with Gasteiger partial charge in [-0.15, -0.1) is 0 Å². The Balaban J connectivity index is 2.84. The van der Waals surface area contributed by atoms with Gasteiger partial charge in [0.05, 0.1) is 12.0 Å². The van der Waals surface area contributed by atoms with Crippen molar-refractivity contribution in [1.29, 1.82) is 0 Å². The summed E-state index contributed by atoms with van der Waals surface area (Å²) in [5, 5.41) is 0. The molecule has 6 nitrogen and oxygen atoms in total. The Bertz CT molecular complexity index is 592. The molecule has 1 rings (SSSR count). The van der Waals surface area contributed by atoms with Crippen LogP contribution >= 0.6 is 0 Å². The second kappa shape index (κ2) is 6.62. The molecule has 110 valence electrons. The van der Waals surface area contributed by atoms with Crippen molar-refractivity contribution < 1.29 is 22.7 Å². The zero-order chi connectivity index (χ0) is 15.3. The number of carbonyl (C=O) groups is 2. The standard InChI is InChI=1S/C13H17NO5S/c1-9(15)8-20(17,18)11-5-3-10(4-6-11)7-12(14)13(16)19-2/h3-6,12H,7-8,14H2,1-2H3/t12-/m0/s1. The lowest BCUT2D eigenvalue weighted by molar-refractivity contribution is -0.142. The van der Waals surface area contributed by atoms with Crippen LogP contribution in [0.15, 0.2) is 29.2 Å². The third kappa shape index (κ3) is 4.43. The van der Waals surface area contributed by atoms with Crippen LogP contribution in [0.5, 0.6) is 0 Å². The quantitative estimate of drug-likeness (QED) is 0.747. The van der Waals surface area contributed by atoms with Gasteiger partial charge in [0, 0.05) is 0 Å². The smallest absolute Gasteiger partial charge is 0.322 e. The average molecular weight is 299 g/mol. The zero-order valence-corrected chi connectivity index (χ0v) is 12.1. The largest absolute Gasteiger partial charge is 0.468 e. The van der Waals surface area contributed by atoms with Gasteiger partial charge in [-0.25, -0.2) is 8.42 Å². The van der Waals surface area contributed by atoms with Crippen LogP contribution in [-0.2, 0) is 30.6 Å². The number of rotatable bonds is 6. The van der Waals surface area contributed by atoms with Crippen molar-refractivity contribution in [3.05, 3.63) is 29.8 Å². The van der Waals surface area contributed by atoms with E-state index >= 15 is 0 Å². The van der Waals surface area contributed by atoms with Gasteiger partial charge in [-0.3, -0.25) is 9.59 Å². The predicted molar refractivity (Wildman–Crippen MR) is 72.9 cm³/mol. The van der Waals surface area contributed by atoms with Gasteiger partial charge < -0.3 is 10.5 Å². The topological polar surface area (TPSA) is 104 Å². The number of methoxy groups -OCH3 is 1. The first-order valence-corrected chi connectivity index (χ1v) is 7.56. The molecule has 0 radical (unpaired) electrons. The number of ketones is 1. The van der Waals surface area contributed by atoms with Crippen molar-refractivity contribution in [2.24, 2.45) is 5.73 Å². The molecule has 0 unspecified atom stereocenters. The highest BCUT2D eigenvalue weighted by Crippen LogP contribution is 2.13. The van der Waals surface area contributed by atoms with Crippen LogP contribution in [0.2, 0.25) is 0 Å². The number of benzene rings is 1. The summed E-state index contributed by atoms with van der Waals surface area (Å²) >= 11 is 0.